The van der Waals surface area contributed by atoms with E-state index in [4.69, 9.17) is 0 Å². The molecule has 5 heteroatoms. The van der Waals surface area contributed by atoms with Crippen LogP contribution in [0.2, 0.25) is 0 Å². The maximum atomic E-state index is 4.52. The van der Waals surface area contributed by atoms with Crippen LogP contribution in [0.4, 0.5) is 5.13 Å². The first kappa shape index (κ1) is 14.0. The fraction of sp³-hybridized carbons (Fsp3) is 0.111. The van der Waals surface area contributed by atoms with Crippen LogP contribution in [0.1, 0.15) is 11.3 Å². The van der Waals surface area contributed by atoms with Crippen molar-refractivity contribution >= 4 is 43.8 Å². The van der Waals surface area contributed by atoms with Crippen LogP contribution >= 0.6 is 11.3 Å². The van der Waals surface area contributed by atoms with Crippen molar-refractivity contribution in [3.8, 4) is 0 Å². The van der Waals surface area contributed by atoms with Crippen molar-refractivity contribution in [2.24, 2.45) is 12.1 Å². The number of thiazole rings is 1. The number of nitrogens with zero attached hydrogens (tertiary/aromatic N) is 3. The highest BCUT2D eigenvalue weighted by Gasteiger charge is 2.09. The molecular formula is C18H16N4S. The Morgan fingerprint density at radius 1 is 1.13 bits per heavy atom. The summed E-state index contributed by atoms with van der Waals surface area (Å²) in [6, 6.07) is 16.5. The van der Waals surface area contributed by atoms with Gasteiger partial charge in [-0.2, -0.15) is 5.10 Å². The van der Waals surface area contributed by atoms with Crippen LogP contribution in [-0.4, -0.2) is 15.8 Å². The maximum absolute atomic E-state index is 4.52. The first-order valence-corrected chi connectivity index (χ1v) is 8.24. The lowest BCUT2D eigenvalue weighted by Crippen LogP contribution is -1.93. The fourth-order valence-corrected chi connectivity index (χ4v) is 3.60. The van der Waals surface area contributed by atoms with Crippen molar-refractivity contribution < 1.29 is 0 Å². The predicted molar refractivity (Wildman–Crippen MR) is 98.5 cm³/mol. The molecule has 4 aromatic rings. The first-order valence-electron chi connectivity index (χ1n) is 7.43. The Kier molecular flexibility index (Phi) is 3.35. The molecule has 0 atom stereocenters. The molecule has 4 nitrogen and oxygen atoms in total. The minimum Gasteiger partial charge on any atom is -0.347 e. The van der Waals surface area contributed by atoms with Crippen molar-refractivity contribution in [1.29, 1.82) is 0 Å². The molecule has 1 N–H and O–H groups in total. The third-order valence-corrected chi connectivity index (χ3v) is 5.04. The molecule has 0 saturated heterocycles. The van der Waals surface area contributed by atoms with Gasteiger partial charge in [0.05, 0.1) is 16.4 Å². The molecule has 2 heterocycles. The first-order chi connectivity index (χ1) is 11.2. The molecule has 0 radical (unpaired) electrons. The minimum atomic E-state index is 0.806. The molecule has 0 fully saturated rings. The number of hydrogen-bond acceptors (Lipinski definition) is 4. The molecule has 0 amide bonds. The molecule has 0 saturated carbocycles. The molecule has 0 unspecified atom stereocenters. The highest BCUT2D eigenvalue weighted by molar-refractivity contribution is 7.22. The standard InChI is InChI=1S/C18H16N4S/c1-12-14(13-7-3-5-9-16(13)22(12)2)11-19-21-18-20-15-8-4-6-10-17(15)23-18/h3-11H,1-2H3,(H,20,21)/b19-11+. The normalized spacial score (nSPS) is 11.7. The molecule has 0 spiro atoms. The Labute approximate surface area is 138 Å². The quantitative estimate of drug-likeness (QED) is 0.445. The molecule has 0 bridgehead atoms. The number of rotatable bonds is 3. The topological polar surface area (TPSA) is 42.2 Å². The second-order valence-corrected chi connectivity index (χ2v) is 6.46. The van der Waals surface area contributed by atoms with Gasteiger partial charge in [0.25, 0.3) is 0 Å². The van der Waals surface area contributed by atoms with Gasteiger partial charge in [0.2, 0.25) is 5.13 Å². The Bertz CT molecular complexity index is 993. The van der Waals surface area contributed by atoms with E-state index in [9.17, 15) is 0 Å². The number of anilines is 1. The van der Waals surface area contributed by atoms with Crippen molar-refractivity contribution in [3.63, 3.8) is 0 Å². The number of aryl methyl sites for hydroxylation is 1. The predicted octanol–water partition coefficient (Wildman–Crippen LogP) is 4.54. The summed E-state index contributed by atoms with van der Waals surface area (Å²) in [6.07, 6.45) is 1.88. The molecule has 114 valence electrons. The summed E-state index contributed by atoms with van der Waals surface area (Å²) in [5.74, 6) is 0. The average molecular weight is 320 g/mol. The zero-order valence-corrected chi connectivity index (χ0v) is 13.8. The molecule has 2 aromatic carbocycles. The molecule has 4 rings (SSSR count). The summed E-state index contributed by atoms with van der Waals surface area (Å²) in [7, 11) is 2.08. The Balaban J connectivity index is 1.65. The third kappa shape index (κ3) is 2.39. The summed E-state index contributed by atoms with van der Waals surface area (Å²) in [4.78, 5) is 4.52. The summed E-state index contributed by atoms with van der Waals surface area (Å²) in [5, 5.41) is 6.41. The lowest BCUT2D eigenvalue weighted by atomic mass is 10.1. The third-order valence-electron chi connectivity index (χ3n) is 4.10. The number of hydrazone groups is 1. The number of aromatic nitrogens is 2. The van der Waals surface area contributed by atoms with E-state index in [-0.39, 0.29) is 0 Å². The van der Waals surface area contributed by atoms with Gasteiger partial charge in [-0.25, -0.2) is 4.98 Å². The number of para-hydroxylation sites is 2. The van der Waals surface area contributed by atoms with Crippen LogP contribution in [0.3, 0.4) is 0 Å². The fourth-order valence-electron chi connectivity index (χ4n) is 2.79. The molecule has 2 aromatic heterocycles. The van der Waals surface area contributed by atoms with E-state index in [1.807, 2.05) is 24.4 Å². The van der Waals surface area contributed by atoms with Gasteiger partial charge in [-0.3, -0.25) is 5.43 Å². The van der Waals surface area contributed by atoms with Gasteiger partial charge < -0.3 is 4.57 Å². The van der Waals surface area contributed by atoms with E-state index < -0.39 is 0 Å². The average Bonchev–Trinajstić information content (AvgIpc) is 3.09. The van der Waals surface area contributed by atoms with Crippen molar-refractivity contribution in [3.05, 3.63) is 59.8 Å². The SMILES string of the molecule is Cc1c(/C=N/Nc2nc3ccccc3s2)c2ccccc2n1C. The number of hydrogen-bond donors (Lipinski definition) is 1. The van der Waals surface area contributed by atoms with E-state index in [2.05, 4.69) is 64.4 Å². The summed E-state index contributed by atoms with van der Waals surface area (Å²) in [6.45, 7) is 2.11. The molecule has 0 aliphatic heterocycles. The van der Waals surface area contributed by atoms with Crippen LogP contribution < -0.4 is 5.43 Å². The van der Waals surface area contributed by atoms with Crippen LogP contribution in [0.25, 0.3) is 21.1 Å². The van der Waals surface area contributed by atoms with Crippen molar-refractivity contribution in [2.45, 2.75) is 6.92 Å². The highest BCUT2D eigenvalue weighted by Crippen LogP contribution is 2.26. The van der Waals surface area contributed by atoms with Crippen LogP contribution in [0, 0.1) is 6.92 Å². The lowest BCUT2D eigenvalue weighted by Gasteiger charge is -1.97. The molecule has 23 heavy (non-hydrogen) atoms. The van der Waals surface area contributed by atoms with E-state index in [1.54, 1.807) is 11.3 Å². The van der Waals surface area contributed by atoms with Gasteiger partial charge in [0, 0.05) is 29.2 Å². The largest absolute Gasteiger partial charge is 0.347 e. The summed E-state index contributed by atoms with van der Waals surface area (Å²) < 4.78 is 3.35. The molecule has 0 aliphatic carbocycles. The monoisotopic (exact) mass is 320 g/mol. The van der Waals surface area contributed by atoms with E-state index in [1.165, 1.54) is 16.6 Å². The van der Waals surface area contributed by atoms with Gasteiger partial charge in [0.1, 0.15) is 0 Å². The minimum absolute atomic E-state index is 0.806. The number of benzene rings is 2. The van der Waals surface area contributed by atoms with Crippen LogP contribution in [-0.2, 0) is 7.05 Å². The van der Waals surface area contributed by atoms with Crippen LogP contribution in [0.15, 0.2) is 53.6 Å². The summed E-state index contributed by atoms with van der Waals surface area (Å²) >= 11 is 1.60. The van der Waals surface area contributed by atoms with Gasteiger partial charge in [-0.05, 0) is 25.1 Å². The van der Waals surface area contributed by atoms with Gasteiger partial charge in [-0.1, -0.05) is 41.7 Å². The molecule has 0 aliphatic rings. The maximum Gasteiger partial charge on any atom is 0.204 e. The second kappa shape index (κ2) is 5.52. The van der Waals surface area contributed by atoms with E-state index >= 15 is 0 Å². The summed E-state index contributed by atoms with van der Waals surface area (Å²) in [5.41, 5.74) is 7.59. The Morgan fingerprint density at radius 2 is 1.91 bits per heavy atom. The van der Waals surface area contributed by atoms with E-state index in [0.29, 0.717) is 0 Å². The number of fused-ring (bicyclic) bond motifs is 2. The Morgan fingerprint density at radius 3 is 2.78 bits per heavy atom. The van der Waals surface area contributed by atoms with Crippen molar-refractivity contribution in [2.75, 3.05) is 5.43 Å². The zero-order chi connectivity index (χ0) is 15.8. The van der Waals surface area contributed by atoms with Crippen LogP contribution in [0.5, 0.6) is 0 Å². The van der Waals surface area contributed by atoms with Gasteiger partial charge in [-0.15, -0.1) is 0 Å². The lowest BCUT2D eigenvalue weighted by molar-refractivity contribution is 0.916. The zero-order valence-electron chi connectivity index (χ0n) is 12.9. The van der Waals surface area contributed by atoms with Gasteiger partial charge in [0.15, 0.2) is 0 Å². The highest BCUT2D eigenvalue weighted by atomic mass is 32.1. The Hall–Kier alpha value is -2.66. The van der Waals surface area contributed by atoms with Gasteiger partial charge >= 0.3 is 0 Å². The second-order valence-electron chi connectivity index (χ2n) is 5.43. The van der Waals surface area contributed by atoms with Crippen molar-refractivity contribution in [1.82, 2.24) is 9.55 Å². The van der Waals surface area contributed by atoms with E-state index in [0.717, 1.165) is 20.9 Å². The molecular weight excluding hydrogens is 304 g/mol. The number of nitrogens with one attached hydrogen (secondary N) is 1. The smallest absolute Gasteiger partial charge is 0.204 e.